The number of hydrogen-bond acceptors (Lipinski definition) is 4. The summed E-state index contributed by atoms with van der Waals surface area (Å²) in [6.45, 7) is 2.66. The molecule has 0 aliphatic rings. The molecule has 0 aromatic rings. The molecule has 0 saturated heterocycles. The Morgan fingerprint density at radius 2 is 2.08 bits per heavy atom. The van der Waals surface area contributed by atoms with Crippen LogP contribution in [0.5, 0.6) is 0 Å². The molecule has 0 rings (SSSR count). The molecule has 0 radical (unpaired) electrons. The van der Waals surface area contributed by atoms with Crippen LogP contribution in [-0.4, -0.2) is 44.6 Å². The molecule has 0 aromatic heterocycles. The first-order valence-electron chi connectivity index (χ1n) is 3.98. The Hall–Kier alpha value is -0.620. The maximum absolute atomic E-state index is 10.8. The third-order valence-electron chi connectivity index (χ3n) is 1.49. The van der Waals surface area contributed by atoms with E-state index in [1.54, 1.807) is 0 Å². The van der Waals surface area contributed by atoms with Crippen LogP contribution in [0.15, 0.2) is 0 Å². The molecule has 0 aliphatic heterocycles. The van der Waals surface area contributed by atoms with Crippen LogP contribution >= 0.6 is 0 Å². The van der Waals surface area contributed by atoms with Gasteiger partial charge in [0.05, 0.1) is 11.7 Å². The number of nitrogens with one attached hydrogen (secondary N) is 1. The Morgan fingerprint density at radius 1 is 1.54 bits per heavy atom. The minimum Gasteiger partial charge on any atom is -0.481 e. The first-order valence-corrected chi connectivity index (χ1v) is 6.04. The van der Waals surface area contributed by atoms with E-state index in [9.17, 15) is 13.2 Å². The standard InChI is InChI=1S/C7H15NO4S/c1-3-8-4-6(7(9)10)5-13(2,11)12/h6,8H,3-5H2,1-2H3,(H,9,10). The summed E-state index contributed by atoms with van der Waals surface area (Å²) >= 11 is 0. The van der Waals surface area contributed by atoms with Gasteiger partial charge < -0.3 is 10.4 Å². The van der Waals surface area contributed by atoms with E-state index in [4.69, 9.17) is 5.11 Å². The third-order valence-corrected chi connectivity index (χ3v) is 2.50. The average Bonchev–Trinajstić information content (AvgIpc) is 1.95. The summed E-state index contributed by atoms with van der Waals surface area (Å²) in [7, 11) is -3.22. The normalized spacial score (nSPS) is 14.0. The quantitative estimate of drug-likeness (QED) is 0.607. The Kier molecular flexibility index (Phi) is 4.94. The maximum atomic E-state index is 10.8. The van der Waals surface area contributed by atoms with E-state index in [0.29, 0.717) is 6.54 Å². The summed E-state index contributed by atoms with van der Waals surface area (Å²) in [5.41, 5.74) is 0. The van der Waals surface area contributed by atoms with Crippen LogP contribution in [0.4, 0.5) is 0 Å². The molecule has 0 amide bonds. The van der Waals surface area contributed by atoms with Crippen molar-refractivity contribution in [2.75, 3.05) is 25.1 Å². The van der Waals surface area contributed by atoms with E-state index in [2.05, 4.69) is 5.32 Å². The van der Waals surface area contributed by atoms with Gasteiger partial charge >= 0.3 is 5.97 Å². The SMILES string of the molecule is CCNCC(CS(C)(=O)=O)C(=O)O. The summed E-state index contributed by atoms with van der Waals surface area (Å²) in [5, 5.41) is 11.5. The predicted octanol–water partition coefficient (Wildman–Crippen LogP) is -0.659. The molecule has 0 spiro atoms. The number of rotatable bonds is 6. The van der Waals surface area contributed by atoms with Crippen molar-refractivity contribution in [2.45, 2.75) is 6.92 Å². The summed E-state index contributed by atoms with van der Waals surface area (Å²) in [6, 6.07) is 0. The third kappa shape index (κ3) is 6.53. The van der Waals surface area contributed by atoms with Crippen LogP contribution in [0.25, 0.3) is 0 Å². The average molecular weight is 209 g/mol. The molecular weight excluding hydrogens is 194 g/mol. The highest BCUT2D eigenvalue weighted by Crippen LogP contribution is 1.99. The van der Waals surface area contributed by atoms with Gasteiger partial charge in [0.15, 0.2) is 0 Å². The lowest BCUT2D eigenvalue weighted by molar-refractivity contribution is -0.140. The Labute approximate surface area is 78.1 Å². The van der Waals surface area contributed by atoms with E-state index in [-0.39, 0.29) is 12.3 Å². The van der Waals surface area contributed by atoms with Crippen LogP contribution in [0, 0.1) is 5.92 Å². The predicted molar refractivity (Wildman–Crippen MR) is 49.4 cm³/mol. The van der Waals surface area contributed by atoms with Crippen LogP contribution in [0.1, 0.15) is 6.92 Å². The van der Waals surface area contributed by atoms with Crippen molar-refractivity contribution in [2.24, 2.45) is 5.92 Å². The van der Waals surface area contributed by atoms with Gasteiger partial charge in [-0.2, -0.15) is 0 Å². The van der Waals surface area contributed by atoms with Gasteiger partial charge in [0.25, 0.3) is 0 Å². The second-order valence-corrected chi connectivity index (χ2v) is 5.12. The zero-order chi connectivity index (χ0) is 10.5. The van der Waals surface area contributed by atoms with Crippen molar-refractivity contribution < 1.29 is 18.3 Å². The second-order valence-electron chi connectivity index (χ2n) is 2.94. The number of aliphatic carboxylic acids is 1. The maximum Gasteiger partial charge on any atom is 0.308 e. The van der Waals surface area contributed by atoms with Crippen molar-refractivity contribution in [3.63, 3.8) is 0 Å². The van der Waals surface area contributed by atoms with Crippen LogP contribution in [-0.2, 0) is 14.6 Å². The van der Waals surface area contributed by atoms with E-state index >= 15 is 0 Å². The zero-order valence-electron chi connectivity index (χ0n) is 7.78. The Bertz CT molecular complexity index is 260. The zero-order valence-corrected chi connectivity index (χ0v) is 8.60. The number of carboxylic acids is 1. The van der Waals surface area contributed by atoms with Crippen molar-refractivity contribution in [3.8, 4) is 0 Å². The number of carboxylic acid groups (broad SMARTS) is 1. The van der Waals surface area contributed by atoms with Crippen molar-refractivity contribution >= 4 is 15.8 Å². The van der Waals surface area contributed by atoms with Crippen molar-refractivity contribution in [3.05, 3.63) is 0 Å². The Morgan fingerprint density at radius 3 is 2.38 bits per heavy atom. The molecule has 0 heterocycles. The molecule has 0 fully saturated rings. The first-order chi connectivity index (χ1) is 5.87. The van der Waals surface area contributed by atoms with Gasteiger partial charge in [-0.1, -0.05) is 6.92 Å². The van der Waals surface area contributed by atoms with Gasteiger partial charge in [0.1, 0.15) is 9.84 Å². The van der Waals surface area contributed by atoms with E-state index in [1.807, 2.05) is 6.92 Å². The molecule has 0 bridgehead atoms. The van der Waals surface area contributed by atoms with Gasteiger partial charge in [-0.3, -0.25) is 4.79 Å². The minimum atomic E-state index is -3.22. The minimum absolute atomic E-state index is 0.193. The van der Waals surface area contributed by atoms with E-state index < -0.39 is 21.7 Å². The topological polar surface area (TPSA) is 83.5 Å². The van der Waals surface area contributed by atoms with Gasteiger partial charge in [0, 0.05) is 12.8 Å². The highest BCUT2D eigenvalue weighted by Gasteiger charge is 2.21. The fraction of sp³-hybridized carbons (Fsp3) is 0.857. The molecule has 1 atom stereocenters. The van der Waals surface area contributed by atoms with Crippen molar-refractivity contribution in [1.82, 2.24) is 5.32 Å². The highest BCUT2D eigenvalue weighted by atomic mass is 32.2. The van der Waals surface area contributed by atoms with Crippen LogP contribution in [0.3, 0.4) is 0 Å². The molecule has 13 heavy (non-hydrogen) atoms. The molecule has 78 valence electrons. The van der Waals surface area contributed by atoms with Crippen molar-refractivity contribution in [1.29, 1.82) is 0 Å². The summed E-state index contributed by atoms with van der Waals surface area (Å²) < 4.78 is 21.6. The number of carbonyl (C=O) groups is 1. The first kappa shape index (κ1) is 12.4. The van der Waals surface area contributed by atoms with Crippen LogP contribution < -0.4 is 5.32 Å². The summed E-state index contributed by atoms with van der Waals surface area (Å²) in [6.07, 6.45) is 1.04. The van der Waals surface area contributed by atoms with E-state index in [1.165, 1.54) is 0 Å². The van der Waals surface area contributed by atoms with Gasteiger partial charge in [-0.25, -0.2) is 8.42 Å². The highest BCUT2D eigenvalue weighted by molar-refractivity contribution is 7.90. The fourth-order valence-corrected chi connectivity index (χ4v) is 1.89. The lowest BCUT2D eigenvalue weighted by Crippen LogP contribution is -2.33. The molecule has 0 aromatic carbocycles. The van der Waals surface area contributed by atoms with E-state index in [0.717, 1.165) is 6.26 Å². The lowest BCUT2D eigenvalue weighted by atomic mass is 10.2. The number of sulfone groups is 1. The molecule has 0 saturated carbocycles. The Balaban J connectivity index is 4.19. The second kappa shape index (κ2) is 5.18. The fourth-order valence-electron chi connectivity index (χ4n) is 0.902. The lowest BCUT2D eigenvalue weighted by Gasteiger charge is -2.10. The molecular formula is C7H15NO4S. The molecule has 2 N–H and O–H groups in total. The van der Waals surface area contributed by atoms with Gasteiger partial charge in [-0.05, 0) is 6.54 Å². The molecule has 6 heteroatoms. The van der Waals surface area contributed by atoms with Gasteiger partial charge in [0.2, 0.25) is 0 Å². The molecule has 5 nitrogen and oxygen atoms in total. The van der Waals surface area contributed by atoms with Gasteiger partial charge in [-0.15, -0.1) is 0 Å². The van der Waals surface area contributed by atoms with Crippen LogP contribution in [0.2, 0.25) is 0 Å². The monoisotopic (exact) mass is 209 g/mol. The summed E-state index contributed by atoms with van der Waals surface area (Å²) in [4.78, 5) is 10.6. The molecule has 0 aliphatic carbocycles. The number of hydrogen-bond donors (Lipinski definition) is 2. The summed E-state index contributed by atoms with van der Waals surface area (Å²) in [5.74, 6) is -2.24. The largest absolute Gasteiger partial charge is 0.481 e. The smallest absolute Gasteiger partial charge is 0.308 e. The molecule has 1 unspecified atom stereocenters.